The zero-order valence-electron chi connectivity index (χ0n) is 18.8. The number of nitrogens with zero attached hydrogens (tertiary/aromatic N) is 4. The molecule has 8 nitrogen and oxygen atoms in total. The number of aromatic nitrogens is 2. The summed E-state index contributed by atoms with van der Waals surface area (Å²) >= 11 is 1.31. The first kappa shape index (κ1) is 23.3. The van der Waals surface area contributed by atoms with Gasteiger partial charge >= 0.3 is 12.4 Å². The Morgan fingerprint density at radius 2 is 1.86 bits per heavy atom. The van der Waals surface area contributed by atoms with Crippen LogP contribution in [0.3, 0.4) is 0 Å². The molecule has 1 aliphatic carbocycles. The molecule has 1 amide bonds. The number of rotatable bonds is 9. The van der Waals surface area contributed by atoms with Crippen molar-refractivity contribution >= 4 is 34.8 Å². The first-order valence-electron chi connectivity index (χ1n) is 11.4. The van der Waals surface area contributed by atoms with Crippen molar-refractivity contribution in [1.82, 2.24) is 15.1 Å². The van der Waals surface area contributed by atoms with Crippen LogP contribution in [0.25, 0.3) is 10.6 Å². The third-order valence-electron chi connectivity index (χ3n) is 6.19. The molecule has 1 aromatic heterocycles. The Kier molecular flexibility index (Phi) is 6.65. The molecule has 2 aliphatic rings. The van der Waals surface area contributed by atoms with E-state index in [4.69, 9.17) is 0 Å². The predicted molar refractivity (Wildman–Crippen MR) is 127 cm³/mol. The highest BCUT2D eigenvalue weighted by atomic mass is 32.1. The van der Waals surface area contributed by atoms with Crippen molar-refractivity contribution in [2.24, 2.45) is 11.8 Å². The minimum Gasteiger partial charge on any atom is -0.395 e. The largest absolute Gasteiger partial charge is 0.395 e. The first-order valence-corrected chi connectivity index (χ1v) is 12.2. The molecular weight excluding hydrogens is 471 g/mol. The number of carbonyl (C=O) groups is 3. The average molecular weight is 495 g/mol. The molecule has 3 aromatic rings. The van der Waals surface area contributed by atoms with E-state index >= 15 is 0 Å². The summed E-state index contributed by atoms with van der Waals surface area (Å²) in [6.45, 7) is 2.46. The van der Waals surface area contributed by atoms with Crippen LogP contribution in [-0.2, 0) is 20.9 Å². The summed E-state index contributed by atoms with van der Waals surface area (Å²) in [7, 11) is 0. The number of halogens is 1. The van der Waals surface area contributed by atoms with Gasteiger partial charge in [0.25, 0.3) is 5.91 Å². The Morgan fingerprint density at radius 3 is 2.54 bits per heavy atom. The number of carbonyl (C=O) groups excluding carboxylic acids is 3. The van der Waals surface area contributed by atoms with Gasteiger partial charge in [-0.2, -0.15) is 0 Å². The van der Waals surface area contributed by atoms with Gasteiger partial charge in [0.15, 0.2) is 0 Å². The van der Waals surface area contributed by atoms with Crippen LogP contribution in [-0.4, -0.2) is 53.1 Å². The van der Waals surface area contributed by atoms with Gasteiger partial charge in [-0.25, -0.2) is 4.39 Å². The molecule has 180 valence electrons. The molecule has 10 heteroatoms. The van der Waals surface area contributed by atoms with Gasteiger partial charge in [0.1, 0.15) is 10.8 Å². The van der Waals surface area contributed by atoms with Crippen LogP contribution in [0, 0.1) is 17.7 Å². The zero-order chi connectivity index (χ0) is 24.4. The van der Waals surface area contributed by atoms with Crippen molar-refractivity contribution in [3.63, 3.8) is 0 Å². The second-order valence-electron chi connectivity index (χ2n) is 8.85. The lowest BCUT2D eigenvalue weighted by molar-refractivity contribution is -0.159. The number of hydrogen-bond donors (Lipinski definition) is 0. The fourth-order valence-electron chi connectivity index (χ4n) is 4.03. The van der Waals surface area contributed by atoms with Gasteiger partial charge in [-0.05, 0) is 36.5 Å². The third-order valence-corrected chi connectivity index (χ3v) is 7.19. The lowest BCUT2D eigenvalue weighted by atomic mass is 9.99. The van der Waals surface area contributed by atoms with E-state index in [1.807, 2.05) is 24.3 Å². The van der Waals surface area contributed by atoms with Crippen molar-refractivity contribution < 1.29 is 23.5 Å². The van der Waals surface area contributed by atoms with Gasteiger partial charge in [0.05, 0.1) is 11.5 Å². The fourth-order valence-corrected chi connectivity index (χ4v) is 4.89. The fraction of sp³-hybridized carbons (Fsp3) is 0.320. The minimum absolute atomic E-state index is 0.0295. The van der Waals surface area contributed by atoms with E-state index in [2.05, 4.69) is 19.8 Å². The van der Waals surface area contributed by atoms with Crippen LogP contribution in [0.2, 0.25) is 0 Å². The number of esters is 1. The monoisotopic (exact) mass is 494 g/mol. The van der Waals surface area contributed by atoms with Gasteiger partial charge in [-0.15, -0.1) is 10.2 Å². The molecule has 0 N–H and O–H groups in total. The van der Waals surface area contributed by atoms with Crippen molar-refractivity contribution in [2.45, 2.75) is 19.4 Å². The van der Waals surface area contributed by atoms with Crippen LogP contribution >= 0.6 is 11.3 Å². The maximum atomic E-state index is 14.3. The standard InChI is InChI=1S/C25H23FN4O4S/c26-21-4-2-1-3-20(21)23(32)30(12-17-5-6-17)25-28-27-22(35-25)18-9-7-16(8-10-18)11-29-13-19(14-29)24(33)34-15-31/h1-4,7-10,15,17,19H,5-6,11-14H2. The van der Waals surface area contributed by atoms with E-state index in [9.17, 15) is 18.8 Å². The van der Waals surface area contributed by atoms with E-state index in [0.717, 1.165) is 24.0 Å². The van der Waals surface area contributed by atoms with Gasteiger partial charge in [-0.1, -0.05) is 47.7 Å². The molecule has 1 aliphatic heterocycles. The molecule has 5 rings (SSSR count). The lowest BCUT2D eigenvalue weighted by Crippen LogP contribution is -2.50. The normalized spacial score (nSPS) is 15.9. The van der Waals surface area contributed by atoms with E-state index in [-0.39, 0.29) is 18.0 Å². The SMILES string of the molecule is O=COC(=O)C1CN(Cc2ccc(-c3nnc(N(CC4CC4)C(=O)c4ccccc4F)s3)cc2)C1. The summed E-state index contributed by atoms with van der Waals surface area (Å²) in [5.41, 5.74) is 1.98. The van der Waals surface area contributed by atoms with Crippen LogP contribution < -0.4 is 4.90 Å². The Balaban J connectivity index is 1.26. The van der Waals surface area contributed by atoms with E-state index in [1.54, 1.807) is 17.0 Å². The summed E-state index contributed by atoms with van der Waals surface area (Å²) in [4.78, 5) is 38.6. The predicted octanol–water partition coefficient (Wildman–Crippen LogP) is 3.53. The minimum atomic E-state index is -0.548. The topological polar surface area (TPSA) is 92.7 Å². The summed E-state index contributed by atoms with van der Waals surface area (Å²) < 4.78 is 18.7. The van der Waals surface area contributed by atoms with Gasteiger partial charge in [-0.3, -0.25) is 24.2 Å². The number of benzene rings is 2. The molecule has 0 spiro atoms. The number of amides is 1. The molecule has 0 atom stereocenters. The number of anilines is 1. The van der Waals surface area contributed by atoms with Gasteiger partial charge < -0.3 is 4.74 Å². The van der Waals surface area contributed by atoms with Crippen molar-refractivity contribution in [1.29, 1.82) is 0 Å². The number of hydrogen-bond acceptors (Lipinski definition) is 8. The number of likely N-dealkylation sites (tertiary alicyclic amines) is 1. The maximum Gasteiger partial charge on any atom is 0.319 e. The second-order valence-corrected chi connectivity index (χ2v) is 9.81. The molecule has 2 fully saturated rings. The maximum absolute atomic E-state index is 14.3. The van der Waals surface area contributed by atoms with E-state index < -0.39 is 17.7 Å². The quantitative estimate of drug-likeness (QED) is 0.255. The van der Waals surface area contributed by atoms with Crippen LogP contribution in [0.15, 0.2) is 48.5 Å². The Labute approximate surface area is 205 Å². The zero-order valence-corrected chi connectivity index (χ0v) is 19.6. The van der Waals surface area contributed by atoms with Crippen molar-refractivity contribution in [3.05, 3.63) is 65.5 Å². The van der Waals surface area contributed by atoms with Crippen LogP contribution in [0.4, 0.5) is 9.52 Å². The molecule has 1 saturated heterocycles. The smallest absolute Gasteiger partial charge is 0.319 e. The molecule has 0 bridgehead atoms. The molecule has 1 saturated carbocycles. The molecule has 2 aromatic carbocycles. The average Bonchev–Trinajstić information content (AvgIpc) is 3.53. The first-order chi connectivity index (χ1) is 17.0. The highest BCUT2D eigenvalue weighted by Crippen LogP contribution is 2.35. The van der Waals surface area contributed by atoms with E-state index in [0.29, 0.717) is 42.2 Å². The molecule has 2 heterocycles. The van der Waals surface area contributed by atoms with Gasteiger partial charge in [0, 0.05) is 31.7 Å². The third kappa shape index (κ3) is 5.28. The Morgan fingerprint density at radius 1 is 1.11 bits per heavy atom. The summed E-state index contributed by atoms with van der Waals surface area (Å²) in [6, 6.07) is 13.8. The summed E-state index contributed by atoms with van der Waals surface area (Å²) in [5, 5.41) is 9.68. The summed E-state index contributed by atoms with van der Waals surface area (Å²) in [5.74, 6) is -1.29. The highest BCUT2D eigenvalue weighted by molar-refractivity contribution is 7.18. The van der Waals surface area contributed by atoms with Gasteiger partial charge in [0.2, 0.25) is 5.13 Å². The van der Waals surface area contributed by atoms with Crippen LogP contribution in [0.1, 0.15) is 28.8 Å². The lowest BCUT2D eigenvalue weighted by Gasteiger charge is -2.37. The number of ether oxygens (including phenoxy) is 1. The Bertz CT molecular complexity index is 1240. The van der Waals surface area contributed by atoms with Crippen molar-refractivity contribution in [3.8, 4) is 10.6 Å². The molecular formula is C25H23FN4O4S. The molecule has 35 heavy (non-hydrogen) atoms. The molecule has 0 radical (unpaired) electrons. The summed E-state index contributed by atoms with van der Waals surface area (Å²) in [6.07, 6.45) is 2.09. The van der Waals surface area contributed by atoms with Crippen molar-refractivity contribution in [2.75, 3.05) is 24.5 Å². The van der Waals surface area contributed by atoms with E-state index in [1.165, 1.54) is 23.5 Å². The Hall–Kier alpha value is -3.50. The molecule has 0 unspecified atom stereocenters. The highest BCUT2D eigenvalue weighted by Gasteiger charge is 2.34. The second kappa shape index (κ2) is 10.0. The van der Waals surface area contributed by atoms with Crippen LogP contribution in [0.5, 0.6) is 0 Å².